The largest absolute Gasteiger partial charge is 0.379 e. The van der Waals surface area contributed by atoms with Crippen LogP contribution in [0.2, 0.25) is 0 Å². The fourth-order valence-electron chi connectivity index (χ4n) is 2.56. The van der Waals surface area contributed by atoms with Gasteiger partial charge in [0.25, 0.3) is 5.91 Å². The van der Waals surface area contributed by atoms with E-state index >= 15 is 0 Å². The Balaban J connectivity index is 1.89. The van der Waals surface area contributed by atoms with E-state index in [2.05, 4.69) is 21.2 Å². The van der Waals surface area contributed by atoms with Gasteiger partial charge in [0.15, 0.2) is 0 Å². The molecular weight excluding hydrogens is 446 g/mol. The predicted octanol–water partition coefficient (Wildman–Crippen LogP) is 3.00. The highest BCUT2D eigenvalue weighted by Gasteiger charge is 2.28. The number of ether oxygens (including phenoxy) is 1. The number of nitrogens with one attached hydrogen (secondary N) is 1. The van der Waals surface area contributed by atoms with Crippen molar-refractivity contribution in [2.75, 3.05) is 31.6 Å². The van der Waals surface area contributed by atoms with Gasteiger partial charge in [-0.2, -0.15) is 4.31 Å². The SMILES string of the molecule is O=C(Nc1ccc(Br)cc1F)c1cc(S(=O)(=O)N2CCOCC2)ccc1F. The van der Waals surface area contributed by atoms with Crippen LogP contribution in [0.4, 0.5) is 14.5 Å². The van der Waals surface area contributed by atoms with E-state index in [0.29, 0.717) is 4.47 Å². The van der Waals surface area contributed by atoms with Crippen LogP contribution in [-0.4, -0.2) is 44.9 Å². The number of rotatable bonds is 4. The van der Waals surface area contributed by atoms with E-state index in [4.69, 9.17) is 4.74 Å². The number of sulfonamides is 1. The molecule has 2 aromatic carbocycles. The summed E-state index contributed by atoms with van der Waals surface area (Å²) in [7, 11) is -3.90. The average molecular weight is 461 g/mol. The van der Waals surface area contributed by atoms with Crippen LogP contribution in [0, 0.1) is 11.6 Å². The molecule has 1 heterocycles. The Labute approximate surface area is 163 Å². The molecule has 1 amide bonds. The van der Waals surface area contributed by atoms with E-state index in [1.807, 2.05) is 0 Å². The van der Waals surface area contributed by atoms with Gasteiger partial charge in [0.05, 0.1) is 29.4 Å². The Morgan fingerprint density at radius 2 is 1.78 bits per heavy atom. The van der Waals surface area contributed by atoms with Gasteiger partial charge in [0.2, 0.25) is 10.0 Å². The van der Waals surface area contributed by atoms with Crippen molar-refractivity contribution in [3.05, 3.63) is 58.1 Å². The molecule has 1 aliphatic heterocycles. The number of morpholine rings is 1. The first-order valence-electron chi connectivity index (χ1n) is 7.93. The molecule has 2 aromatic rings. The Bertz CT molecular complexity index is 979. The molecule has 0 unspecified atom stereocenters. The minimum atomic E-state index is -3.90. The highest BCUT2D eigenvalue weighted by atomic mass is 79.9. The maximum atomic E-state index is 14.1. The number of anilines is 1. The molecular formula is C17H15BrF2N2O4S. The van der Waals surface area contributed by atoms with Crippen LogP contribution in [-0.2, 0) is 14.8 Å². The summed E-state index contributed by atoms with van der Waals surface area (Å²) in [5.74, 6) is -2.58. The zero-order valence-corrected chi connectivity index (χ0v) is 16.3. The molecule has 10 heteroatoms. The number of benzene rings is 2. The molecule has 27 heavy (non-hydrogen) atoms. The second kappa shape index (κ2) is 8.01. The maximum absolute atomic E-state index is 14.1. The minimum Gasteiger partial charge on any atom is -0.379 e. The normalized spacial score (nSPS) is 15.5. The molecule has 0 aromatic heterocycles. The smallest absolute Gasteiger partial charge is 0.258 e. The minimum absolute atomic E-state index is 0.149. The van der Waals surface area contributed by atoms with Gasteiger partial charge in [-0.1, -0.05) is 15.9 Å². The quantitative estimate of drug-likeness (QED) is 0.760. The summed E-state index contributed by atoms with van der Waals surface area (Å²) in [6, 6.07) is 6.91. The van der Waals surface area contributed by atoms with E-state index in [9.17, 15) is 22.0 Å². The molecule has 1 N–H and O–H groups in total. The first kappa shape index (κ1) is 19.9. The van der Waals surface area contributed by atoms with Crippen LogP contribution in [0.3, 0.4) is 0 Å². The summed E-state index contributed by atoms with van der Waals surface area (Å²) >= 11 is 3.10. The molecule has 1 fully saturated rings. The monoisotopic (exact) mass is 460 g/mol. The van der Waals surface area contributed by atoms with Crippen LogP contribution >= 0.6 is 15.9 Å². The number of hydrogen-bond acceptors (Lipinski definition) is 4. The zero-order chi connectivity index (χ0) is 19.6. The number of halogens is 3. The summed E-state index contributed by atoms with van der Waals surface area (Å²) in [5.41, 5.74) is -0.643. The van der Waals surface area contributed by atoms with Gasteiger partial charge in [0.1, 0.15) is 11.6 Å². The molecule has 6 nitrogen and oxygen atoms in total. The summed E-state index contributed by atoms with van der Waals surface area (Å²) < 4.78 is 60.2. The second-order valence-corrected chi connectivity index (χ2v) is 8.59. The van der Waals surface area contributed by atoms with Crippen LogP contribution in [0.5, 0.6) is 0 Å². The number of amides is 1. The fraction of sp³-hybridized carbons (Fsp3) is 0.235. The Kier molecular flexibility index (Phi) is 5.89. The number of hydrogen-bond donors (Lipinski definition) is 1. The van der Waals surface area contributed by atoms with Crippen molar-refractivity contribution >= 4 is 37.5 Å². The van der Waals surface area contributed by atoms with E-state index in [-0.39, 0.29) is 36.9 Å². The summed E-state index contributed by atoms with van der Waals surface area (Å²) in [4.78, 5) is 12.2. The zero-order valence-electron chi connectivity index (χ0n) is 13.9. The average Bonchev–Trinajstić information content (AvgIpc) is 2.65. The van der Waals surface area contributed by atoms with Crippen molar-refractivity contribution < 1.29 is 26.7 Å². The van der Waals surface area contributed by atoms with Crippen LogP contribution in [0.1, 0.15) is 10.4 Å². The van der Waals surface area contributed by atoms with Crippen LogP contribution in [0.15, 0.2) is 45.8 Å². The highest BCUT2D eigenvalue weighted by Crippen LogP contribution is 2.23. The van der Waals surface area contributed by atoms with Gasteiger partial charge in [0, 0.05) is 17.6 Å². The van der Waals surface area contributed by atoms with Crippen molar-refractivity contribution in [3.8, 4) is 0 Å². The molecule has 0 atom stereocenters. The van der Waals surface area contributed by atoms with E-state index in [1.54, 1.807) is 0 Å². The van der Waals surface area contributed by atoms with E-state index in [1.165, 1.54) is 16.4 Å². The third-order valence-electron chi connectivity index (χ3n) is 3.97. The molecule has 144 valence electrons. The fourth-order valence-corrected chi connectivity index (χ4v) is 4.32. The third kappa shape index (κ3) is 4.34. The Hall–Kier alpha value is -1.88. The molecule has 0 saturated carbocycles. The van der Waals surface area contributed by atoms with Crippen molar-refractivity contribution in [1.82, 2.24) is 4.31 Å². The molecule has 0 radical (unpaired) electrons. The van der Waals surface area contributed by atoms with Crippen molar-refractivity contribution in [1.29, 1.82) is 0 Å². The highest BCUT2D eigenvalue weighted by molar-refractivity contribution is 9.10. The van der Waals surface area contributed by atoms with Gasteiger partial charge in [-0.25, -0.2) is 17.2 Å². The van der Waals surface area contributed by atoms with Crippen molar-refractivity contribution in [3.63, 3.8) is 0 Å². The Morgan fingerprint density at radius 3 is 2.44 bits per heavy atom. The van der Waals surface area contributed by atoms with Crippen LogP contribution in [0.25, 0.3) is 0 Å². The summed E-state index contributed by atoms with van der Waals surface area (Å²) in [6.07, 6.45) is 0. The van der Waals surface area contributed by atoms with E-state index in [0.717, 1.165) is 24.3 Å². The molecule has 0 spiro atoms. The molecule has 3 rings (SSSR count). The predicted molar refractivity (Wildman–Crippen MR) is 98.0 cm³/mol. The lowest BCUT2D eigenvalue weighted by molar-refractivity contribution is 0.0730. The van der Waals surface area contributed by atoms with Gasteiger partial charge >= 0.3 is 0 Å². The summed E-state index contributed by atoms with van der Waals surface area (Å²) in [6.45, 7) is 0.865. The lowest BCUT2D eigenvalue weighted by Gasteiger charge is -2.26. The van der Waals surface area contributed by atoms with Crippen molar-refractivity contribution in [2.45, 2.75) is 4.90 Å². The van der Waals surface area contributed by atoms with Gasteiger partial charge in [-0.15, -0.1) is 0 Å². The topological polar surface area (TPSA) is 75.7 Å². The molecule has 0 aliphatic carbocycles. The van der Waals surface area contributed by atoms with E-state index < -0.39 is 33.1 Å². The number of nitrogens with zero attached hydrogens (tertiary/aromatic N) is 1. The number of carbonyl (C=O) groups excluding carboxylic acids is 1. The standard InChI is InChI=1S/C17H15BrF2N2O4S/c18-11-1-4-16(15(20)9-11)21-17(23)13-10-12(2-3-14(13)19)27(24,25)22-5-7-26-8-6-22/h1-4,9-10H,5-8H2,(H,21,23). The van der Waals surface area contributed by atoms with Gasteiger partial charge in [-0.3, -0.25) is 4.79 Å². The first-order valence-corrected chi connectivity index (χ1v) is 10.2. The third-order valence-corrected chi connectivity index (χ3v) is 6.36. The van der Waals surface area contributed by atoms with Crippen molar-refractivity contribution in [2.24, 2.45) is 0 Å². The lowest BCUT2D eigenvalue weighted by Crippen LogP contribution is -2.40. The lowest BCUT2D eigenvalue weighted by atomic mass is 10.2. The Morgan fingerprint density at radius 1 is 1.07 bits per heavy atom. The number of carbonyl (C=O) groups is 1. The molecule has 1 aliphatic rings. The maximum Gasteiger partial charge on any atom is 0.258 e. The summed E-state index contributed by atoms with van der Waals surface area (Å²) in [5, 5.41) is 2.25. The van der Waals surface area contributed by atoms with Crippen LogP contribution < -0.4 is 5.32 Å². The first-order chi connectivity index (χ1) is 12.8. The van der Waals surface area contributed by atoms with Gasteiger partial charge < -0.3 is 10.1 Å². The van der Waals surface area contributed by atoms with Gasteiger partial charge in [-0.05, 0) is 36.4 Å². The second-order valence-electron chi connectivity index (χ2n) is 5.74. The molecule has 1 saturated heterocycles. The molecule has 0 bridgehead atoms.